The van der Waals surface area contributed by atoms with E-state index in [2.05, 4.69) is 19.2 Å². The van der Waals surface area contributed by atoms with E-state index >= 15 is 0 Å². The third-order valence-corrected chi connectivity index (χ3v) is 3.12. The molecule has 1 saturated carbocycles. The van der Waals surface area contributed by atoms with Gasteiger partial charge in [-0.1, -0.05) is 20.3 Å². The van der Waals surface area contributed by atoms with Gasteiger partial charge in [-0.05, 0) is 31.6 Å². The molecule has 14 heavy (non-hydrogen) atoms. The molecule has 0 aliphatic heterocycles. The fraction of sp³-hybridized carbons (Fsp3) is 1.00. The Balaban J connectivity index is 2.27. The molecule has 0 heterocycles. The maximum Gasteiger partial charge on any atom is 0.0618 e. The van der Waals surface area contributed by atoms with Crippen molar-refractivity contribution in [2.45, 2.75) is 58.0 Å². The molecule has 0 aromatic rings. The third kappa shape index (κ3) is 3.97. The van der Waals surface area contributed by atoms with Crippen molar-refractivity contribution in [3.05, 3.63) is 0 Å². The van der Waals surface area contributed by atoms with Crippen LogP contribution in [0.15, 0.2) is 0 Å². The van der Waals surface area contributed by atoms with Crippen LogP contribution in [0.5, 0.6) is 0 Å². The fourth-order valence-corrected chi connectivity index (χ4v) is 2.05. The lowest BCUT2D eigenvalue weighted by Crippen LogP contribution is -2.42. The second-order valence-corrected chi connectivity index (χ2v) is 4.46. The molecule has 1 fully saturated rings. The van der Waals surface area contributed by atoms with E-state index in [1.54, 1.807) is 7.11 Å². The van der Waals surface area contributed by atoms with Crippen molar-refractivity contribution in [1.29, 1.82) is 0 Å². The first-order valence-corrected chi connectivity index (χ1v) is 6.06. The maximum atomic E-state index is 5.27. The number of rotatable bonds is 8. The Labute approximate surface area is 88.4 Å². The van der Waals surface area contributed by atoms with Crippen LogP contribution >= 0.6 is 0 Å². The van der Waals surface area contributed by atoms with Gasteiger partial charge in [0.25, 0.3) is 0 Å². The molecule has 0 aromatic carbocycles. The SMILES string of the molecule is CCCC(CC)NC(COC)C1CC1. The molecule has 2 nitrogen and oxygen atoms in total. The lowest BCUT2D eigenvalue weighted by molar-refractivity contribution is 0.149. The van der Waals surface area contributed by atoms with Crippen molar-refractivity contribution in [2.75, 3.05) is 13.7 Å². The summed E-state index contributed by atoms with van der Waals surface area (Å²) in [4.78, 5) is 0. The average molecular weight is 199 g/mol. The highest BCUT2D eigenvalue weighted by Gasteiger charge is 2.31. The molecular formula is C12H25NO. The van der Waals surface area contributed by atoms with Crippen molar-refractivity contribution in [2.24, 2.45) is 5.92 Å². The van der Waals surface area contributed by atoms with Crippen LogP contribution in [0, 0.1) is 5.92 Å². The monoisotopic (exact) mass is 199 g/mol. The summed E-state index contributed by atoms with van der Waals surface area (Å²) in [7, 11) is 1.80. The first-order chi connectivity index (χ1) is 6.81. The van der Waals surface area contributed by atoms with Gasteiger partial charge in [0, 0.05) is 19.2 Å². The largest absolute Gasteiger partial charge is 0.383 e. The fourth-order valence-electron chi connectivity index (χ4n) is 2.05. The predicted molar refractivity (Wildman–Crippen MR) is 60.5 cm³/mol. The topological polar surface area (TPSA) is 21.3 Å². The van der Waals surface area contributed by atoms with Crippen molar-refractivity contribution in [1.82, 2.24) is 5.32 Å². The van der Waals surface area contributed by atoms with Gasteiger partial charge in [-0.15, -0.1) is 0 Å². The molecule has 0 saturated heterocycles. The van der Waals surface area contributed by atoms with E-state index in [-0.39, 0.29) is 0 Å². The quantitative estimate of drug-likeness (QED) is 0.649. The minimum atomic E-state index is 0.608. The summed E-state index contributed by atoms with van der Waals surface area (Å²) in [5.41, 5.74) is 0. The zero-order valence-electron chi connectivity index (χ0n) is 9.88. The molecule has 2 atom stereocenters. The summed E-state index contributed by atoms with van der Waals surface area (Å²) >= 11 is 0. The molecule has 2 unspecified atom stereocenters. The molecule has 1 rings (SSSR count). The second kappa shape index (κ2) is 6.41. The zero-order chi connectivity index (χ0) is 10.4. The van der Waals surface area contributed by atoms with E-state index in [0.717, 1.165) is 12.5 Å². The van der Waals surface area contributed by atoms with Crippen LogP contribution in [0.2, 0.25) is 0 Å². The average Bonchev–Trinajstić information content (AvgIpc) is 2.99. The molecule has 0 radical (unpaired) electrons. The summed E-state index contributed by atoms with van der Waals surface area (Å²) in [5, 5.41) is 3.74. The van der Waals surface area contributed by atoms with Crippen LogP contribution in [0.1, 0.15) is 46.0 Å². The second-order valence-electron chi connectivity index (χ2n) is 4.46. The van der Waals surface area contributed by atoms with Crippen LogP contribution in [-0.4, -0.2) is 25.8 Å². The molecule has 0 aromatic heterocycles. The summed E-state index contributed by atoms with van der Waals surface area (Å²) in [6.07, 6.45) is 6.59. The summed E-state index contributed by atoms with van der Waals surface area (Å²) in [5.74, 6) is 0.890. The number of hydrogen-bond acceptors (Lipinski definition) is 2. The van der Waals surface area contributed by atoms with E-state index < -0.39 is 0 Å². The molecule has 0 spiro atoms. The van der Waals surface area contributed by atoms with Crippen LogP contribution < -0.4 is 5.32 Å². The highest BCUT2D eigenvalue weighted by Crippen LogP contribution is 2.33. The lowest BCUT2D eigenvalue weighted by atomic mass is 10.1. The van der Waals surface area contributed by atoms with E-state index in [9.17, 15) is 0 Å². The number of nitrogens with one attached hydrogen (secondary N) is 1. The van der Waals surface area contributed by atoms with Crippen molar-refractivity contribution >= 4 is 0 Å². The lowest BCUT2D eigenvalue weighted by Gasteiger charge is -2.24. The Morgan fingerprint density at radius 1 is 1.36 bits per heavy atom. The van der Waals surface area contributed by atoms with Crippen molar-refractivity contribution in [3.8, 4) is 0 Å². The summed E-state index contributed by atoms with van der Waals surface area (Å²) in [6, 6.07) is 1.30. The van der Waals surface area contributed by atoms with Crippen LogP contribution in [0.3, 0.4) is 0 Å². The number of methoxy groups -OCH3 is 1. The van der Waals surface area contributed by atoms with Gasteiger partial charge in [0.1, 0.15) is 0 Å². The van der Waals surface area contributed by atoms with Gasteiger partial charge in [-0.2, -0.15) is 0 Å². The molecular weight excluding hydrogens is 174 g/mol. The van der Waals surface area contributed by atoms with Gasteiger partial charge in [0.05, 0.1) is 6.61 Å². The Hall–Kier alpha value is -0.0800. The third-order valence-electron chi connectivity index (χ3n) is 3.12. The molecule has 1 N–H and O–H groups in total. The smallest absolute Gasteiger partial charge is 0.0618 e. The standard InChI is InChI=1S/C12H25NO/c1-4-6-11(5-2)13-12(9-14-3)10-7-8-10/h10-13H,4-9H2,1-3H3. The zero-order valence-corrected chi connectivity index (χ0v) is 9.88. The van der Waals surface area contributed by atoms with Gasteiger partial charge < -0.3 is 10.1 Å². The van der Waals surface area contributed by atoms with E-state index in [1.165, 1.54) is 32.1 Å². The molecule has 84 valence electrons. The first-order valence-electron chi connectivity index (χ1n) is 6.06. The van der Waals surface area contributed by atoms with Gasteiger partial charge in [0.2, 0.25) is 0 Å². The van der Waals surface area contributed by atoms with Gasteiger partial charge in [0.15, 0.2) is 0 Å². The minimum Gasteiger partial charge on any atom is -0.383 e. The van der Waals surface area contributed by atoms with Crippen LogP contribution in [0.4, 0.5) is 0 Å². The summed E-state index contributed by atoms with van der Waals surface area (Å²) in [6.45, 7) is 5.40. The van der Waals surface area contributed by atoms with Gasteiger partial charge in [-0.25, -0.2) is 0 Å². The van der Waals surface area contributed by atoms with Gasteiger partial charge in [-0.3, -0.25) is 0 Å². The van der Waals surface area contributed by atoms with Gasteiger partial charge >= 0.3 is 0 Å². The molecule has 2 heteroatoms. The van der Waals surface area contributed by atoms with E-state index in [4.69, 9.17) is 4.74 Å². The number of ether oxygens (including phenoxy) is 1. The first kappa shape index (κ1) is 12.0. The Morgan fingerprint density at radius 2 is 2.07 bits per heavy atom. The molecule has 1 aliphatic rings. The Bertz CT molecular complexity index is 145. The normalized spacial score (nSPS) is 20.8. The summed E-state index contributed by atoms with van der Waals surface area (Å²) < 4.78 is 5.27. The molecule has 0 bridgehead atoms. The molecule has 1 aliphatic carbocycles. The van der Waals surface area contributed by atoms with Crippen molar-refractivity contribution < 1.29 is 4.74 Å². The maximum absolute atomic E-state index is 5.27. The van der Waals surface area contributed by atoms with E-state index in [0.29, 0.717) is 12.1 Å². The highest BCUT2D eigenvalue weighted by atomic mass is 16.5. The predicted octanol–water partition coefficient (Wildman–Crippen LogP) is 2.58. The number of hydrogen-bond donors (Lipinski definition) is 1. The minimum absolute atomic E-state index is 0.608. The van der Waals surface area contributed by atoms with Crippen LogP contribution in [-0.2, 0) is 4.74 Å². The highest BCUT2D eigenvalue weighted by molar-refractivity contribution is 4.88. The Morgan fingerprint density at radius 3 is 2.50 bits per heavy atom. The molecule has 0 amide bonds. The van der Waals surface area contributed by atoms with E-state index in [1.807, 2.05) is 0 Å². The van der Waals surface area contributed by atoms with Crippen molar-refractivity contribution in [3.63, 3.8) is 0 Å². The van der Waals surface area contributed by atoms with Crippen LogP contribution in [0.25, 0.3) is 0 Å². The Kier molecular flexibility index (Phi) is 5.49.